The van der Waals surface area contributed by atoms with Gasteiger partial charge in [0.05, 0.1) is 12.9 Å². The number of esters is 1. The molecule has 0 bridgehead atoms. The Morgan fingerprint density at radius 3 is 2.64 bits per heavy atom. The van der Waals surface area contributed by atoms with Gasteiger partial charge in [0.25, 0.3) is 0 Å². The van der Waals surface area contributed by atoms with Crippen molar-refractivity contribution in [1.82, 2.24) is 15.5 Å². The predicted octanol–water partition coefficient (Wildman–Crippen LogP) is 3.69. The fourth-order valence-corrected chi connectivity index (χ4v) is 4.15. The number of methoxy groups -OCH3 is 1. The second-order valence-electron chi connectivity index (χ2n) is 6.88. The average Bonchev–Trinajstić information content (AvgIpc) is 3.08. The Kier molecular flexibility index (Phi) is 8.25. The second-order valence-corrected chi connectivity index (χ2v) is 9.08. The molecule has 28 heavy (non-hydrogen) atoms. The molecular weight excluding hydrogens is 396 g/mol. The zero-order valence-electron chi connectivity index (χ0n) is 16.7. The number of ether oxygens (including phenoxy) is 1. The zero-order chi connectivity index (χ0) is 20.7. The third-order valence-electron chi connectivity index (χ3n) is 3.88. The molecule has 1 atom stereocenters. The third-order valence-corrected chi connectivity index (χ3v) is 5.86. The third kappa shape index (κ3) is 6.79. The highest BCUT2D eigenvalue weighted by Gasteiger charge is 2.22. The van der Waals surface area contributed by atoms with E-state index in [1.807, 2.05) is 39.8 Å². The summed E-state index contributed by atoms with van der Waals surface area (Å²) in [6, 6.07) is 5.51. The van der Waals surface area contributed by atoms with E-state index in [0.29, 0.717) is 15.9 Å². The molecule has 1 amide bonds. The van der Waals surface area contributed by atoms with Gasteiger partial charge in [0, 0.05) is 5.69 Å². The van der Waals surface area contributed by atoms with E-state index in [2.05, 4.69) is 26.9 Å². The molecule has 0 saturated heterocycles. The van der Waals surface area contributed by atoms with E-state index >= 15 is 0 Å². The van der Waals surface area contributed by atoms with Crippen molar-refractivity contribution in [2.45, 2.75) is 44.5 Å². The van der Waals surface area contributed by atoms with Crippen LogP contribution >= 0.6 is 23.1 Å². The molecule has 0 aliphatic heterocycles. The van der Waals surface area contributed by atoms with E-state index in [1.165, 1.54) is 35.8 Å². The highest BCUT2D eigenvalue weighted by molar-refractivity contribution is 8.01. The number of aryl methyl sites for hydroxylation is 2. The summed E-state index contributed by atoms with van der Waals surface area (Å²) in [7, 11) is 1.32. The van der Waals surface area contributed by atoms with Crippen LogP contribution in [0.25, 0.3) is 0 Å². The van der Waals surface area contributed by atoms with Crippen molar-refractivity contribution in [3.63, 3.8) is 0 Å². The predicted molar refractivity (Wildman–Crippen MR) is 113 cm³/mol. The van der Waals surface area contributed by atoms with Gasteiger partial charge in [-0.15, -0.1) is 10.2 Å². The summed E-state index contributed by atoms with van der Waals surface area (Å²) in [6.45, 7) is 8.06. The smallest absolute Gasteiger partial charge is 0.328 e. The molecule has 0 saturated carbocycles. The van der Waals surface area contributed by atoms with Crippen molar-refractivity contribution in [2.24, 2.45) is 5.92 Å². The molecule has 9 heteroatoms. The minimum atomic E-state index is -0.630. The van der Waals surface area contributed by atoms with Gasteiger partial charge in [-0.2, -0.15) is 0 Å². The molecule has 7 nitrogen and oxygen atoms in total. The maximum absolute atomic E-state index is 12.2. The molecule has 0 fully saturated rings. The van der Waals surface area contributed by atoms with Crippen molar-refractivity contribution in [3.05, 3.63) is 29.3 Å². The van der Waals surface area contributed by atoms with Crippen LogP contribution in [0.2, 0.25) is 0 Å². The number of nitrogens with zero attached hydrogens (tertiary/aromatic N) is 2. The van der Waals surface area contributed by atoms with Crippen LogP contribution in [-0.2, 0) is 14.3 Å². The lowest BCUT2D eigenvalue weighted by molar-refractivity contribution is -0.145. The van der Waals surface area contributed by atoms with Crippen LogP contribution in [0.4, 0.5) is 10.8 Å². The summed E-state index contributed by atoms with van der Waals surface area (Å²) in [6.07, 6.45) is 0.534. The number of hydrogen-bond donors (Lipinski definition) is 2. The molecule has 1 aromatic heterocycles. The van der Waals surface area contributed by atoms with Gasteiger partial charge in [0.2, 0.25) is 11.0 Å². The number of carbonyl (C=O) groups is 2. The topological polar surface area (TPSA) is 93.2 Å². The van der Waals surface area contributed by atoms with E-state index in [-0.39, 0.29) is 17.6 Å². The molecule has 1 heterocycles. The van der Waals surface area contributed by atoms with Crippen molar-refractivity contribution in [2.75, 3.05) is 18.2 Å². The van der Waals surface area contributed by atoms with E-state index in [9.17, 15) is 9.59 Å². The maximum Gasteiger partial charge on any atom is 0.328 e. The van der Waals surface area contributed by atoms with Crippen LogP contribution in [0.3, 0.4) is 0 Å². The van der Waals surface area contributed by atoms with Gasteiger partial charge in [-0.25, -0.2) is 4.79 Å². The van der Waals surface area contributed by atoms with Gasteiger partial charge in [-0.3, -0.25) is 4.79 Å². The van der Waals surface area contributed by atoms with Gasteiger partial charge in [0.1, 0.15) is 6.04 Å². The minimum absolute atomic E-state index is 0.157. The molecular formula is C19H26N4O3S2. The van der Waals surface area contributed by atoms with Crippen molar-refractivity contribution in [3.8, 4) is 0 Å². The van der Waals surface area contributed by atoms with Crippen LogP contribution in [0.15, 0.2) is 22.5 Å². The van der Waals surface area contributed by atoms with Gasteiger partial charge >= 0.3 is 5.97 Å². The summed E-state index contributed by atoms with van der Waals surface area (Å²) in [5.74, 6) is -0.244. The van der Waals surface area contributed by atoms with Crippen LogP contribution in [0.1, 0.15) is 31.4 Å². The first-order valence-corrected chi connectivity index (χ1v) is 10.8. The Balaban J connectivity index is 1.89. The molecule has 1 aromatic carbocycles. The molecule has 0 aliphatic rings. The molecule has 0 radical (unpaired) electrons. The summed E-state index contributed by atoms with van der Waals surface area (Å²) >= 11 is 2.67. The Morgan fingerprint density at radius 2 is 2.00 bits per heavy atom. The van der Waals surface area contributed by atoms with E-state index < -0.39 is 12.0 Å². The summed E-state index contributed by atoms with van der Waals surface area (Å²) < 4.78 is 5.45. The SMILES string of the molecule is COC(=O)C(CC(C)C)NC(=O)CSc1nnc(Nc2ccc(C)cc2C)s1. The summed E-state index contributed by atoms with van der Waals surface area (Å²) in [4.78, 5) is 24.0. The van der Waals surface area contributed by atoms with E-state index in [1.54, 1.807) is 0 Å². The first-order valence-electron chi connectivity index (χ1n) is 8.96. The highest BCUT2D eigenvalue weighted by Crippen LogP contribution is 2.28. The van der Waals surface area contributed by atoms with Gasteiger partial charge in [0.15, 0.2) is 4.34 Å². The normalized spacial score (nSPS) is 11.9. The van der Waals surface area contributed by atoms with Gasteiger partial charge in [-0.1, -0.05) is 54.6 Å². The second kappa shape index (κ2) is 10.4. The monoisotopic (exact) mass is 422 g/mol. The lowest BCUT2D eigenvalue weighted by atomic mass is 10.0. The van der Waals surface area contributed by atoms with E-state index in [0.717, 1.165) is 11.3 Å². The first-order chi connectivity index (χ1) is 13.3. The molecule has 0 aliphatic carbocycles. The van der Waals surface area contributed by atoms with Crippen molar-refractivity contribution >= 4 is 45.8 Å². The summed E-state index contributed by atoms with van der Waals surface area (Å²) in [5.41, 5.74) is 3.30. The number of aromatic nitrogens is 2. The number of anilines is 2. The van der Waals surface area contributed by atoms with Crippen molar-refractivity contribution in [1.29, 1.82) is 0 Å². The molecule has 1 unspecified atom stereocenters. The Bertz CT molecular complexity index is 823. The number of carbonyl (C=O) groups excluding carboxylic acids is 2. The molecule has 0 spiro atoms. The molecule has 2 N–H and O–H groups in total. The van der Waals surface area contributed by atoms with E-state index in [4.69, 9.17) is 4.74 Å². The standard InChI is InChI=1S/C19H26N4O3S2/c1-11(2)8-15(17(25)26-5)20-16(24)10-27-19-23-22-18(28-19)21-14-7-6-12(3)9-13(14)4/h6-7,9,11,15H,8,10H2,1-5H3,(H,20,24)(H,21,22). The number of hydrogen-bond acceptors (Lipinski definition) is 8. The number of benzene rings is 1. The molecule has 2 aromatic rings. The highest BCUT2D eigenvalue weighted by atomic mass is 32.2. The average molecular weight is 423 g/mol. The Hall–Kier alpha value is -2.13. The van der Waals surface area contributed by atoms with Crippen LogP contribution < -0.4 is 10.6 Å². The summed E-state index contributed by atoms with van der Waals surface area (Å²) in [5, 5.41) is 14.9. The van der Waals surface area contributed by atoms with Crippen LogP contribution in [-0.4, -0.2) is 41.0 Å². The number of nitrogens with one attached hydrogen (secondary N) is 2. The number of amides is 1. The lowest BCUT2D eigenvalue weighted by Gasteiger charge is -2.17. The van der Waals surface area contributed by atoms with Gasteiger partial charge in [-0.05, 0) is 37.8 Å². The first kappa shape index (κ1) is 22.2. The fourth-order valence-electron chi connectivity index (χ4n) is 2.58. The van der Waals surface area contributed by atoms with Crippen molar-refractivity contribution < 1.29 is 14.3 Å². The van der Waals surface area contributed by atoms with Crippen LogP contribution in [0.5, 0.6) is 0 Å². The Morgan fingerprint density at radius 1 is 1.25 bits per heavy atom. The van der Waals surface area contributed by atoms with Gasteiger partial charge < -0.3 is 15.4 Å². The van der Waals surface area contributed by atoms with Crippen LogP contribution in [0, 0.1) is 19.8 Å². The zero-order valence-corrected chi connectivity index (χ0v) is 18.4. The minimum Gasteiger partial charge on any atom is -0.467 e. The lowest BCUT2D eigenvalue weighted by Crippen LogP contribution is -2.43. The molecule has 152 valence electrons. The fraction of sp³-hybridized carbons (Fsp3) is 0.474. The number of thioether (sulfide) groups is 1. The maximum atomic E-state index is 12.2. The number of rotatable bonds is 9. The Labute approximate surface area is 173 Å². The largest absolute Gasteiger partial charge is 0.467 e. The molecule has 2 rings (SSSR count). The quantitative estimate of drug-likeness (QED) is 0.470.